The van der Waals surface area contributed by atoms with Crippen molar-refractivity contribution in [3.05, 3.63) is 18.0 Å². The maximum absolute atomic E-state index is 12.6. The molecule has 3 rings (SSSR count). The summed E-state index contributed by atoms with van der Waals surface area (Å²) in [7, 11) is -3.39. The normalized spacial score (nSPS) is 19.7. The summed E-state index contributed by atoms with van der Waals surface area (Å²) in [5, 5.41) is 7.11. The lowest BCUT2D eigenvalue weighted by Gasteiger charge is -2.36. The molecule has 0 aromatic carbocycles. The Balaban J connectivity index is 0.00000320. The van der Waals surface area contributed by atoms with Crippen LogP contribution in [0.5, 0.6) is 0 Å². The Kier molecular flexibility index (Phi) is 9.41. The van der Waals surface area contributed by atoms with Gasteiger partial charge in [0.25, 0.3) is 0 Å². The fourth-order valence-electron chi connectivity index (χ4n) is 4.31. The molecule has 2 aliphatic rings. The summed E-state index contributed by atoms with van der Waals surface area (Å²) >= 11 is 0. The monoisotopic (exact) mass is 553 g/mol. The maximum atomic E-state index is 12.6. The number of aliphatic imine (C=N–C) groups is 1. The third-order valence-corrected chi connectivity index (χ3v) is 8.00. The van der Waals surface area contributed by atoms with Crippen molar-refractivity contribution in [2.45, 2.75) is 52.2 Å². The van der Waals surface area contributed by atoms with Gasteiger partial charge in [0.15, 0.2) is 5.96 Å². The first kappa shape index (κ1) is 25.4. The zero-order valence-corrected chi connectivity index (χ0v) is 21.5. The molecular weight excluding hydrogens is 517 g/mol. The number of hydrogen-bond donors (Lipinski definition) is 1. The minimum Gasteiger partial charge on any atom is -0.364 e. The second kappa shape index (κ2) is 11.1. The van der Waals surface area contributed by atoms with E-state index in [9.17, 15) is 8.42 Å². The summed E-state index contributed by atoms with van der Waals surface area (Å²) in [5.74, 6) is 1.52. The van der Waals surface area contributed by atoms with Crippen LogP contribution < -0.4 is 5.32 Å². The molecule has 1 saturated heterocycles. The maximum Gasteiger partial charge on any atom is 0.220 e. The predicted molar refractivity (Wildman–Crippen MR) is 129 cm³/mol. The lowest BCUT2D eigenvalue weighted by atomic mass is 9.78. The highest BCUT2D eigenvalue weighted by Gasteiger charge is 2.33. The Morgan fingerprint density at radius 1 is 1.27 bits per heavy atom. The molecule has 1 saturated carbocycles. The van der Waals surface area contributed by atoms with Gasteiger partial charge in [-0.1, -0.05) is 31.8 Å². The molecule has 1 aromatic rings. The first-order valence-corrected chi connectivity index (χ1v) is 12.3. The van der Waals surface area contributed by atoms with Gasteiger partial charge in [0.1, 0.15) is 12.0 Å². The van der Waals surface area contributed by atoms with Gasteiger partial charge in [-0.25, -0.2) is 8.42 Å². The lowest BCUT2D eigenvalue weighted by molar-refractivity contribution is 0.223. The molecule has 0 spiro atoms. The van der Waals surface area contributed by atoms with E-state index in [4.69, 9.17) is 9.52 Å². The fourth-order valence-corrected chi connectivity index (χ4v) is 5.73. The van der Waals surface area contributed by atoms with Gasteiger partial charge in [-0.2, -0.15) is 4.31 Å². The molecule has 0 unspecified atom stereocenters. The molecule has 2 fully saturated rings. The zero-order chi connectivity index (χ0) is 20.9. The molecule has 1 N–H and O–H groups in total. The Morgan fingerprint density at radius 3 is 2.50 bits per heavy atom. The highest BCUT2D eigenvalue weighted by Crippen LogP contribution is 2.39. The van der Waals surface area contributed by atoms with E-state index in [2.05, 4.69) is 36.1 Å². The topological polar surface area (TPSA) is 91.0 Å². The summed E-state index contributed by atoms with van der Waals surface area (Å²) in [5.41, 5.74) is 0.636. The van der Waals surface area contributed by atoms with Gasteiger partial charge < -0.3 is 14.7 Å². The van der Waals surface area contributed by atoms with Crippen molar-refractivity contribution in [1.82, 2.24) is 19.7 Å². The Hall–Kier alpha value is -0.880. The van der Waals surface area contributed by atoms with Crippen molar-refractivity contribution in [2.75, 3.05) is 39.3 Å². The molecule has 10 heteroatoms. The van der Waals surface area contributed by atoms with Gasteiger partial charge in [-0.15, -0.1) is 24.0 Å². The zero-order valence-electron chi connectivity index (χ0n) is 18.3. The van der Waals surface area contributed by atoms with Crippen LogP contribution in [0.2, 0.25) is 0 Å². The molecule has 8 nitrogen and oxygen atoms in total. The van der Waals surface area contributed by atoms with E-state index in [1.807, 2.05) is 0 Å². The molecule has 30 heavy (non-hydrogen) atoms. The number of aromatic nitrogens is 1. The highest BCUT2D eigenvalue weighted by molar-refractivity contribution is 14.0. The number of nitrogens with zero attached hydrogens (tertiary/aromatic N) is 4. The summed E-state index contributed by atoms with van der Waals surface area (Å²) in [6, 6.07) is 1.59. The second-order valence-corrected chi connectivity index (χ2v) is 10.7. The van der Waals surface area contributed by atoms with Crippen molar-refractivity contribution >= 4 is 40.0 Å². The minimum atomic E-state index is -3.39. The molecular formula is C20H36IN5O3S. The molecule has 0 radical (unpaired) electrons. The molecule has 0 amide bonds. The van der Waals surface area contributed by atoms with E-state index in [0.29, 0.717) is 31.9 Å². The Bertz CT molecular complexity index is 768. The Labute approximate surface area is 197 Å². The van der Waals surface area contributed by atoms with E-state index in [-0.39, 0.29) is 35.1 Å². The van der Waals surface area contributed by atoms with Gasteiger partial charge in [0.05, 0.1) is 5.69 Å². The quantitative estimate of drug-likeness (QED) is 0.317. The van der Waals surface area contributed by atoms with Crippen LogP contribution in [0.3, 0.4) is 0 Å². The van der Waals surface area contributed by atoms with Crippen molar-refractivity contribution in [2.24, 2.45) is 16.3 Å². The number of rotatable bonds is 7. The number of nitrogens with one attached hydrogen (secondary N) is 1. The molecule has 1 aliphatic carbocycles. The number of piperazine rings is 1. The van der Waals surface area contributed by atoms with Gasteiger partial charge in [-0.05, 0) is 31.1 Å². The third kappa shape index (κ3) is 6.56. The van der Waals surface area contributed by atoms with E-state index < -0.39 is 10.0 Å². The summed E-state index contributed by atoms with van der Waals surface area (Å²) in [6.07, 6.45) is 6.68. The summed E-state index contributed by atoms with van der Waals surface area (Å²) in [6.45, 7) is 10.5. The van der Waals surface area contributed by atoms with E-state index >= 15 is 0 Å². The van der Waals surface area contributed by atoms with Gasteiger partial charge in [0, 0.05) is 45.3 Å². The summed E-state index contributed by atoms with van der Waals surface area (Å²) < 4.78 is 31.6. The Morgan fingerprint density at radius 2 is 1.93 bits per heavy atom. The van der Waals surface area contributed by atoms with Crippen molar-refractivity contribution in [3.8, 4) is 0 Å². The molecule has 1 aliphatic heterocycles. The molecule has 0 bridgehead atoms. The largest absolute Gasteiger partial charge is 0.364 e. The van der Waals surface area contributed by atoms with Crippen molar-refractivity contribution in [3.63, 3.8) is 0 Å². The summed E-state index contributed by atoms with van der Waals surface area (Å²) in [4.78, 5) is 7.12. The van der Waals surface area contributed by atoms with Gasteiger partial charge in [-0.3, -0.25) is 4.99 Å². The standard InChI is InChI=1S/C20H35N5O3S.HI/c1-4-21-19(22-16-20(2,3)17-7-5-6-8-17)24-10-12-25(13-11-24)29(26,27)15-18-9-14-28-23-18;/h9,14,17H,4-8,10-13,15-16H2,1-3H3,(H,21,22);1H. The fraction of sp³-hybridized carbons (Fsp3) is 0.800. The number of guanidine groups is 1. The SMILES string of the molecule is CCNC(=NCC(C)(C)C1CCCC1)N1CCN(S(=O)(=O)Cc2ccon2)CC1.I. The number of sulfonamides is 1. The number of hydrogen-bond acceptors (Lipinski definition) is 5. The van der Waals surface area contributed by atoms with Crippen molar-refractivity contribution in [1.29, 1.82) is 0 Å². The van der Waals surface area contributed by atoms with Crippen LogP contribution in [0, 0.1) is 11.3 Å². The number of halogens is 1. The minimum absolute atomic E-state index is 0. The van der Waals surface area contributed by atoms with E-state index in [1.54, 1.807) is 10.4 Å². The van der Waals surface area contributed by atoms with Crippen LogP contribution in [0.15, 0.2) is 21.8 Å². The van der Waals surface area contributed by atoms with Gasteiger partial charge in [0.2, 0.25) is 10.0 Å². The first-order chi connectivity index (χ1) is 13.8. The smallest absolute Gasteiger partial charge is 0.220 e. The lowest BCUT2D eigenvalue weighted by Crippen LogP contribution is -2.54. The second-order valence-electron chi connectivity index (χ2n) is 8.77. The molecule has 172 valence electrons. The van der Waals surface area contributed by atoms with Crippen LogP contribution in [-0.2, 0) is 15.8 Å². The molecule has 1 aromatic heterocycles. The molecule has 0 atom stereocenters. The predicted octanol–water partition coefficient (Wildman–Crippen LogP) is 2.92. The van der Waals surface area contributed by atoms with Crippen LogP contribution in [-0.4, -0.2) is 68.0 Å². The van der Waals surface area contributed by atoms with E-state index in [0.717, 1.165) is 25.0 Å². The van der Waals surface area contributed by atoms with Crippen LogP contribution >= 0.6 is 24.0 Å². The van der Waals surface area contributed by atoms with Gasteiger partial charge >= 0.3 is 0 Å². The van der Waals surface area contributed by atoms with E-state index in [1.165, 1.54) is 31.9 Å². The average molecular weight is 554 g/mol. The van der Waals surface area contributed by atoms with Crippen LogP contribution in [0.25, 0.3) is 0 Å². The average Bonchev–Trinajstić information content (AvgIpc) is 3.39. The third-order valence-electron chi connectivity index (χ3n) is 6.18. The highest BCUT2D eigenvalue weighted by atomic mass is 127. The van der Waals surface area contributed by atoms with Crippen LogP contribution in [0.4, 0.5) is 0 Å². The first-order valence-electron chi connectivity index (χ1n) is 10.7. The molecule has 2 heterocycles. The van der Waals surface area contributed by atoms with Crippen LogP contribution in [0.1, 0.15) is 52.1 Å². The van der Waals surface area contributed by atoms with Crippen molar-refractivity contribution < 1.29 is 12.9 Å².